The Hall–Kier alpha value is -2.44. The molecule has 0 N–H and O–H groups in total. The third kappa shape index (κ3) is 3.31. The molecule has 0 bridgehead atoms. The summed E-state index contributed by atoms with van der Waals surface area (Å²) >= 11 is 0. The first-order valence-electron chi connectivity index (χ1n) is 9.81. The molecular weight excluding hydrogens is 348 g/mol. The molecule has 0 aromatic heterocycles. The number of rotatable bonds is 4. The number of hydrogen-bond acceptors (Lipinski definition) is 5. The highest BCUT2D eigenvalue weighted by Crippen LogP contribution is 2.36. The van der Waals surface area contributed by atoms with Gasteiger partial charge in [-0.1, -0.05) is 0 Å². The Kier molecular flexibility index (Phi) is 4.10. The lowest BCUT2D eigenvalue weighted by Gasteiger charge is -2.42. The topological polar surface area (TPSA) is 68.3 Å². The van der Waals surface area contributed by atoms with Crippen molar-refractivity contribution in [2.24, 2.45) is 11.8 Å². The van der Waals surface area contributed by atoms with Gasteiger partial charge in [-0.25, -0.2) is 0 Å². The van der Waals surface area contributed by atoms with E-state index < -0.39 is 0 Å². The van der Waals surface area contributed by atoms with Crippen LogP contribution in [0.1, 0.15) is 25.7 Å². The zero-order chi connectivity index (χ0) is 18.4. The lowest BCUT2D eigenvalue weighted by Crippen LogP contribution is -2.58. The van der Waals surface area contributed by atoms with Gasteiger partial charge in [-0.05, 0) is 37.8 Å². The molecule has 0 spiro atoms. The average Bonchev–Trinajstić information content (AvgIpc) is 3.41. The number of likely N-dealkylation sites (tertiary alicyclic amines) is 2. The maximum Gasteiger partial charge on any atom is 0.231 e. The summed E-state index contributed by atoms with van der Waals surface area (Å²) in [6.45, 7) is 2.92. The molecule has 1 aliphatic carbocycles. The number of carbonyl (C=O) groups excluding carboxylic acids is 2. The standard InChI is InChI=1S/C20H24N2O5/c23-19(13-1-2-13)21-7-5-14(6-8-21)20(24)22-10-16(11-22)27-15-3-4-17-18(9-15)26-12-25-17/h3-4,9,13-14,16H,1-2,5-8,10-12H2. The third-order valence-electron chi connectivity index (χ3n) is 5.89. The molecule has 7 nitrogen and oxygen atoms in total. The average molecular weight is 372 g/mol. The van der Waals surface area contributed by atoms with E-state index >= 15 is 0 Å². The van der Waals surface area contributed by atoms with Gasteiger partial charge in [-0.15, -0.1) is 0 Å². The maximum atomic E-state index is 12.7. The Labute approximate surface area is 158 Å². The summed E-state index contributed by atoms with van der Waals surface area (Å²) in [5.41, 5.74) is 0. The van der Waals surface area contributed by atoms with Crippen molar-refractivity contribution in [1.29, 1.82) is 0 Å². The van der Waals surface area contributed by atoms with Crippen LogP contribution in [0.2, 0.25) is 0 Å². The number of carbonyl (C=O) groups is 2. The molecule has 1 aromatic rings. The van der Waals surface area contributed by atoms with E-state index in [0.29, 0.717) is 24.7 Å². The van der Waals surface area contributed by atoms with Crippen molar-refractivity contribution in [1.82, 2.24) is 9.80 Å². The number of ether oxygens (including phenoxy) is 3. The van der Waals surface area contributed by atoms with Gasteiger partial charge >= 0.3 is 0 Å². The fourth-order valence-corrected chi connectivity index (χ4v) is 4.03. The Bertz CT molecular complexity index is 749. The second kappa shape index (κ2) is 6.62. The molecule has 1 saturated carbocycles. The molecule has 2 saturated heterocycles. The molecule has 3 aliphatic heterocycles. The highest BCUT2D eigenvalue weighted by molar-refractivity contribution is 5.82. The number of amides is 2. The van der Waals surface area contributed by atoms with E-state index in [-0.39, 0.29) is 30.6 Å². The van der Waals surface area contributed by atoms with Gasteiger partial charge in [0, 0.05) is 31.0 Å². The van der Waals surface area contributed by atoms with Gasteiger partial charge in [0.2, 0.25) is 18.6 Å². The second-order valence-electron chi connectivity index (χ2n) is 7.87. The van der Waals surface area contributed by atoms with Gasteiger partial charge in [0.05, 0.1) is 13.1 Å². The van der Waals surface area contributed by atoms with Crippen LogP contribution in [0.15, 0.2) is 18.2 Å². The first-order chi connectivity index (χ1) is 13.2. The predicted octanol–water partition coefficient (Wildman–Crippen LogP) is 1.65. The molecule has 5 rings (SSSR count). The molecule has 27 heavy (non-hydrogen) atoms. The summed E-state index contributed by atoms with van der Waals surface area (Å²) in [4.78, 5) is 28.6. The SMILES string of the molecule is O=C(C1CC1)N1CCC(C(=O)N2CC(Oc3ccc4c(c3)OCO4)C2)CC1. The van der Waals surface area contributed by atoms with Crippen molar-refractivity contribution < 1.29 is 23.8 Å². The Morgan fingerprint density at radius 2 is 1.56 bits per heavy atom. The molecule has 0 radical (unpaired) electrons. The van der Waals surface area contributed by atoms with Crippen LogP contribution in [0, 0.1) is 11.8 Å². The smallest absolute Gasteiger partial charge is 0.231 e. The fraction of sp³-hybridized carbons (Fsp3) is 0.600. The van der Waals surface area contributed by atoms with E-state index in [9.17, 15) is 9.59 Å². The molecule has 144 valence electrons. The summed E-state index contributed by atoms with van der Waals surface area (Å²) in [5, 5.41) is 0. The lowest BCUT2D eigenvalue weighted by atomic mass is 9.93. The molecule has 0 atom stereocenters. The van der Waals surface area contributed by atoms with Gasteiger partial charge in [-0.2, -0.15) is 0 Å². The summed E-state index contributed by atoms with van der Waals surface area (Å²) in [6, 6.07) is 5.54. The van der Waals surface area contributed by atoms with Crippen molar-refractivity contribution in [3.63, 3.8) is 0 Å². The Morgan fingerprint density at radius 1 is 0.889 bits per heavy atom. The van der Waals surface area contributed by atoms with Crippen LogP contribution in [0.4, 0.5) is 0 Å². The first-order valence-corrected chi connectivity index (χ1v) is 9.81. The third-order valence-corrected chi connectivity index (χ3v) is 5.89. The van der Waals surface area contributed by atoms with Crippen molar-refractivity contribution in [3.05, 3.63) is 18.2 Å². The van der Waals surface area contributed by atoms with Crippen LogP contribution in [0.3, 0.4) is 0 Å². The van der Waals surface area contributed by atoms with Crippen LogP contribution < -0.4 is 14.2 Å². The zero-order valence-electron chi connectivity index (χ0n) is 15.3. The molecule has 0 unspecified atom stereocenters. The van der Waals surface area contributed by atoms with E-state index in [1.807, 2.05) is 28.0 Å². The summed E-state index contributed by atoms with van der Waals surface area (Å²) in [5.74, 6) is 2.98. The minimum absolute atomic E-state index is 0.0193. The summed E-state index contributed by atoms with van der Waals surface area (Å²) in [7, 11) is 0. The van der Waals surface area contributed by atoms with Crippen LogP contribution in [-0.4, -0.2) is 60.7 Å². The molecule has 3 fully saturated rings. The van der Waals surface area contributed by atoms with Crippen LogP contribution in [0.5, 0.6) is 17.2 Å². The fourth-order valence-electron chi connectivity index (χ4n) is 4.03. The van der Waals surface area contributed by atoms with Crippen molar-refractivity contribution in [2.75, 3.05) is 33.0 Å². The molecule has 2 amide bonds. The monoisotopic (exact) mass is 372 g/mol. The zero-order valence-corrected chi connectivity index (χ0v) is 15.3. The number of benzene rings is 1. The largest absolute Gasteiger partial charge is 0.487 e. The first kappa shape index (κ1) is 16.7. The van der Waals surface area contributed by atoms with Gasteiger partial charge < -0.3 is 24.0 Å². The van der Waals surface area contributed by atoms with Crippen molar-refractivity contribution >= 4 is 11.8 Å². The lowest BCUT2D eigenvalue weighted by molar-refractivity contribution is -0.148. The predicted molar refractivity (Wildman–Crippen MR) is 95.6 cm³/mol. The van der Waals surface area contributed by atoms with E-state index in [1.54, 1.807) is 0 Å². The molecular formula is C20H24N2O5. The van der Waals surface area contributed by atoms with Crippen molar-refractivity contribution in [2.45, 2.75) is 31.8 Å². The van der Waals surface area contributed by atoms with Crippen LogP contribution in [-0.2, 0) is 9.59 Å². The number of hydrogen-bond donors (Lipinski definition) is 0. The summed E-state index contributed by atoms with van der Waals surface area (Å²) < 4.78 is 16.6. The van der Waals surface area contributed by atoms with Gasteiger partial charge in [0.25, 0.3) is 0 Å². The number of fused-ring (bicyclic) bond motifs is 1. The molecule has 1 aromatic carbocycles. The molecule has 3 heterocycles. The highest BCUT2D eigenvalue weighted by Gasteiger charge is 2.39. The molecule has 7 heteroatoms. The minimum Gasteiger partial charge on any atom is -0.487 e. The van der Waals surface area contributed by atoms with Crippen LogP contribution >= 0.6 is 0 Å². The Balaban J connectivity index is 1.08. The van der Waals surface area contributed by atoms with E-state index in [1.165, 1.54) is 0 Å². The quantitative estimate of drug-likeness (QED) is 0.804. The van der Waals surface area contributed by atoms with E-state index in [0.717, 1.165) is 50.3 Å². The normalized spacial score (nSPS) is 22.5. The van der Waals surface area contributed by atoms with Gasteiger partial charge in [0.15, 0.2) is 11.5 Å². The number of piperidine rings is 1. The van der Waals surface area contributed by atoms with E-state index in [2.05, 4.69) is 0 Å². The Morgan fingerprint density at radius 3 is 2.30 bits per heavy atom. The summed E-state index contributed by atoms with van der Waals surface area (Å²) in [6.07, 6.45) is 3.65. The van der Waals surface area contributed by atoms with Gasteiger partial charge in [0.1, 0.15) is 11.9 Å². The molecule has 4 aliphatic rings. The highest BCUT2D eigenvalue weighted by atomic mass is 16.7. The second-order valence-corrected chi connectivity index (χ2v) is 7.87. The van der Waals surface area contributed by atoms with Crippen LogP contribution in [0.25, 0.3) is 0 Å². The van der Waals surface area contributed by atoms with E-state index in [4.69, 9.17) is 14.2 Å². The van der Waals surface area contributed by atoms with Gasteiger partial charge in [-0.3, -0.25) is 9.59 Å². The maximum absolute atomic E-state index is 12.7. The van der Waals surface area contributed by atoms with Crippen molar-refractivity contribution in [3.8, 4) is 17.2 Å². The minimum atomic E-state index is 0.0193. The number of nitrogens with zero attached hydrogens (tertiary/aromatic N) is 2.